The van der Waals surface area contributed by atoms with Crippen molar-refractivity contribution in [3.63, 3.8) is 0 Å². The molecule has 1 aromatic carbocycles. The number of benzene rings is 1. The number of nitrogens with zero attached hydrogens (tertiary/aromatic N) is 3. The van der Waals surface area contributed by atoms with E-state index in [1.807, 2.05) is 12.1 Å². The molecule has 1 aliphatic carbocycles. The molecule has 0 fully saturated rings. The number of furan rings is 1. The van der Waals surface area contributed by atoms with Crippen LogP contribution in [0.25, 0.3) is 11.6 Å². The Labute approximate surface area is 151 Å². The number of aliphatic imine (C=N–C) groups is 1. The van der Waals surface area contributed by atoms with E-state index < -0.39 is 0 Å². The molecule has 0 atom stereocenters. The van der Waals surface area contributed by atoms with Crippen molar-refractivity contribution < 1.29 is 4.42 Å². The van der Waals surface area contributed by atoms with E-state index in [0.717, 1.165) is 24.4 Å². The summed E-state index contributed by atoms with van der Waals surface area (Å²) in [6.07, 6.45) is 6.96. The Morgan fingerprint density at radius 1 is 1.23 bits per heavy atom. The summed E-state index contributed by atoms with van der Waals surface area (Å²) in [7, 11) is 0. The lowest BCUT2D eigenvalue weighted by molar-refractivity contribution is 0.577. The van der Waals surface area contributed by atoms with Crippen LogP contribution in [0.1, 0.15) is 29.8 Å². The molecule has 134 valence electrons. The zero-order valence-corrected chi connectivity index (χ0v) is 14.5. The van der Waals surface area contributed by atoms with Crippen LogP contribution in [0.5, 0.6) is 0 Å². The van der Waals surface area contributed by atoms with Crippen LogP contribution in [0.15, 0.2) is 46.0 Å². The molecule has 2 heterocycles. The third-order valence-corrected chi connectivity index (χ3v) is 4.56. The molecule has 0 aliphatic heterocycles. The van der Waals surface area contributed by atoms with Crippen molar-refractivity contribution in [2.24, 2.45) is 10.7 Å². The van der Waals surface area contributed by atoms with Gasteiger partial charge in [0.15, 0.2) is 11.7 Å². The summed E-state index contributed by atoms with van der Waals surface area (Å²) in [5.41, 5.74) is 9.92. The third kappa shape index (κ3) is 3.61. The van der Waals surface area contributed by atoms with Crippen molar-refractivity contribution in [3.05, 3.63) is 53.5 Å². The van der Waals surface area contributed by atoms with Gasteiger partial charge in [0, 0.05) is 18.7 Å². The average molecular weight is 350 g/mol. The van der Waals surface area contributed by atoms with E-state index in [9.17, 15) is 0 Å². The van der Waals surface area contributed by atoms with Gasteiger partial charge < -0.3 is 15.5 Å². The van der Waals surface area contributed by atoms with Crippen molar-refractivity contribution in [3.8, 4) is 11.6 Å². The van der Waals surface area contributed by atoms with Gasteiger partial charge in [0.1, 0.15) is 5.82 Å². The van der Waals surface area contributed by atoms with Crippen molar-refractivity contribution in [2.45, 2.75) is 32.1 Å². The molecule has 0 saturated carbocycles. The first-order chi connectivity index (χ1) is 12.8. The lowest BCUT2D eigenvalue weighted by Crippen LogP contribution is -2.24. The van der Waals surface area contributed by atoms with Crippen LogP contribution in [0.4, 0.5) is 5.69 Å². The van der Waals surface area contributed by atoms with Crippen molar-refractivity contribution in [2.75, 3.05) is 11.9 Å². The van der Waals surface area contributed by atoms with Gasteiger partial charge in [0.25, 0.3) is 0 Å². The number of anilines is 1. The lowest BCUT2D eigenvalue weighted by atomic mass is 9.90. The summed E-state index contributed by atoms with van der Waals surface area (Å²) in [5, 5.41) is 10.3. The van der Waals surface area contributed by atoms with E-state index in [1.54, 1.807) is 6.26 Å². The number of rotatable bonds is 5. The van der Waals surface area contributed by atoms with Crippen LogP contribution >= 0.6 is 0 Å². The molecule has 3 aromatic rings. The van der Waals surface area contributed by atoms with E-state index in [4.69, 9.17) is 10.2 Å². The first-order valence-electron chi connectivity index (χ1n) is 8.92. The van der Waals surface area contributed by atoms with E-state index in [0.29, 0.717) is 30.5 Å². The van der Waals surface area contributed by atoms with Gasteiger partial charge in [0.2, 0.25) is 5.82 Å². The monoisotopic (exact) mass is 350 g/mol. The van der Waals surface area contributed by atoms with Crippen LogP contribution in [0.3, 0.4) is 0 Å². The largest absolute Gasteiger partial charge is 0.461 e. The van der Waals surface area contributed by atoms with Gasteiger partial charge in [-0.2, -0.15) is 5.10 Å². The van der Waals surface area contributed by atoms with Gasteiger partial charge in [-0.15, -0.1) is 0 Å². The molecule has 26 heavy (non-hydrogen) atoms. The van der Waals surface area contributed by atoms with Crippen LogP contribution in [0, 0.1) is 0 Å². The highest BCUT2D eigenvalue weighted by molar-refractivity contribution is 5.93. The van der Waals surface area contributed by atoms with E-state index >= 15 is 0 Å². The van der Waals surface area contributed by atoms with E-state index in [2.05, 4.69) is 43.7 Å². The van der Waals surface area contributed by atoms with Crippen LogP contribution in [-0.2, 0) is 19.3 Å². The number of aryl methyl sites for hydroxylation is 1. The number of nitrogens with two attached hydrogens (primary N) is 1. The number of hydrogen-bond donors (Lipinski definition) is 3. The summed E-state index contributed by atoms with van der Waals surface area (Å²) in [6, 6.07) is 9.98. The molecular formula is C19H22N6O. The highest BCUT2D eigenvalue weighted by Crippen LogP contribution is 2.27. The maximum Gasteiger partial charge on any atom is 0.216 e. The average Bonchev–Trinajstić information content (AvgIpc) is 3.34. The fourth-order valence-corrected chi connectivity index (χ4v) is 3.28. The maximum atomic E-state index is 6.06. The molecule has 4 rings (SSSR count). The molecule has 7 nitrogen and oxygen atoms in total. The van der Waals surface area contributed by atoms with Gasteiger partial charge in [-0.25, -0.2) is 4.98 Å². The van der Waals surface area contributed by atoms with E-state index in [-0.39, 0.29) is 0 Å². The molecule has 7 heteroatoms. The Morgan fingerprint density at radius 2 is 2.15 bits per heavy atom. The predicted octanol–water partition coefficient (Wildman–Crippen LogP) is 2.91. The Balaban J connectivity index is 1.36. The number of fused-ring (bicyclic) bond motifs is 1. The molecule has 0 amide bonds. The highest BCUT2D eigenvalue weighted by Gasteiger charge is 2.13. The topological polar surface area (TPSA) is 105 Å². The highest BCUT2D eigenvalue weighted by atomic mass is 16.3. The standard InChI is InChI=1S/C19H22N6O/c20-19(22-15-8-3-6-13-5-1-2-7-14(13)15)21-11-10-17-23-18(25-24-17)16-9-4-12-26-16/h3-4,6,8-9,12H,1-2,5,7,10-11H2,(H3,20,21,22)(H,23,24,25). The second-order valence-corrected chi connectivity index (χ2v) is 6.38. The number of aromatic amines is 1. The molecule has 1 aliphatic rings. The summed E-state index contributed by atoms with van der Waals surface area (Å²) in [6.45, 7) is 0.528. The van der Waals surface area contributed by atoms with Crippen LogP contribution in [0.2, 0.25) is 0 Å². The number of H-pyrrole nitrogens is 1. The molecule has 0 saturated heterocycles. The Bertz CT molecular complexity index is 897. The fourth-order valence-electron chi connectivity index (χ4n) is 3.28. The van der Waals surface area contributed by atoms with Gasteiger partial charge in [-0.3, -0.25) is 10.1 Å². The smallest absolute Gasteiger partial charge is 0.216 e. The fraction of sp³-hybridized carbons (Fsp3) is 0.316. The minimum absolute atomic E-state index is 0.426. The van der Waals surface area contributed by atoms with Crippen LogP contribution in [-0.4, -0.2) is 27.7 Å². The number of nitrogens with one attached hydrogen (secondary N) is 2. The molecular weight excluding hydrogens is 328 g/mol. The predicted molar refractivity (Wildman–Crippen MR) is 101 cm³/mol. The minimum atomic E-state index is 0.426. The summed E-state index contributed by atoms with van der Waals surface area (Å²) in [5.74, 6) is 2.38. The SMILES string of the molecule is NC(=NCCc1nc(-c2ccco2)n[nH]1)Nc1cccc2c1CCCC2. The number of hydrogen-bond acceptors (Lipinski definition) is 4. The number of aromatic nitrogens is 3. The normalized spacial score (nSPS) is 14.2. The summed E-state index contributed by atoms with van der Waals surface area (Å²) in [4.78, 5) is 8.81. The first kappa shape index (κ1) is 16.4. The maximum absolute atomic E-state index is 6.06. The molecule has 0 bridgehead atoms. The molecule has 0 radical (unpaired) electrons. The summed E-state index contributed by atoms with van der Waals surface area (Å²) >= 11 is 0. The van der Waals surface area contributed by atoms with E-state index in [1.165, 1.54) is 24.0 Å². The van der Waals surface area contributed by atoms with Gasteiger partial charge >= 0.3 is 0 Å². The Hall–Kier alpha value is -3.09. The Morgan fingerprint density at radius 3 is 3.04 bits per heavy atom. The van der Waals surface area contributed by atoms with Crippen molar-refractivity contribution in [1.29, 1.82) is 0 Å². The molecule has 2 aromatic heterocycles. The number of guanidine groups is 1. The van der Waals surface area contributed by atoms with Gasteiger partial charge in [0.05, 0.1) is 6.26 Å². The molecule has 0 spiro atoms. The minimum Gasteiger partial charge on any atom is -0.461 e. The van der Waals surface area contributed by atoms with Gasteiger partial charge in [-0.05, 0) is 55.0 Å². The molecule has 4 N–H and O–H groups in total. The second-order valence-electron chi connectivity index (χ2n) is 6.38. The van der Waals surface area contributed by atoms with Crippen molar-refractivity contribution >= 4 is 11.6 Å². The quantitative estimate of drug-likeness (QED) is 0.485. The first-order valence-corrected chi connectivity index (χ1v) is 8.92. The Kier molecular flexibility index (Phi) is 4.68. The summed E-state index contributed by atoms with van der Waals surface area (Å²) < 4.78 is 5.28. The van der Waals surface area contributed by atoms with Crippen LogP contribution < -0.4 is 11.1 Å². The van der Waals surface area contributed by atoms with Gasteiger partial charge in [-0.1, -0.05) is 12.1 Å². The lowest BCUT2D eigenvalue weighted by Gasteiger charge is -2.19. The van der Waals surface area contributed by atoms with Crippen molar-refractivity contribution in [1.82, 2.24) is 15.2 Å². The zero-order valence-electron chi connectivity index (χ0n) is 14.5. The zero-order chi connectivity index (χ0) is 17.8. The second kappa shape index (κ2) is 7.43. The molecule has 0 unspecified atom stereocenters. The third-order valence-electron chi connectivity index (χ3n) is 4.56.